The van der Waals surface area contributed by atoms with Crippen molar-refractivity contribution in [3.8, 4) is 5.75 Å². The molecule has 5 nitrogen and oxygen atoms in total. The summed E-state index contributed by atoms with van der Waals surface area (Å²) in [5.41, 5.74) is -0.615. The van der Waals surface area contributed by atoms with E-state index in [1.807, 2.05) is 0 Å². The van der Waals surface area contributed by atoms with Crippen molar-refractivity contribution in [2.24, 2.45) is 0 Å². The highest BCUT2D eigenvalue weighted by Crippen LogP contribution is 2.36. The number of aromatic hydroxyl groups is 1. The lowest BCUT2D eigenvalue weighted by Crippen LogP contribution is -1.97. The van der Waals surface area contributed by atoms with E-state index in [1.165, 1.54) is 13.0 Å². The van der Waals surface area contributed by atoms with Gasteiger partial charge in [0.05, 0.1) is 4.92 Å². The monoisotopic (exact) mass is 215 g/mol. The molecule has 1 aromatic rings. The molecule has 0 atom stereocenters. The van der Waals surface area contributed by atoms with Crippen LogP contribution in [0.4, 0.5) is 5.69 Å². The van der Waals surface area contributed by atoms with Crippen molar-refractivity contribution in [1.82, 2.24) is 0 Å². The van der Waals surface area contributed by atoms with Gasteiger partial charge in [-0.3, -0.25) is 14.9 Å². The van der Waals surface area contributed by atoms with Crippen LogP contribution in [0.15, 0.2) is 12.1 Å². The maximum atomic E-state index is 11.0. The molecule has 0 unspecified atom stereocenters. The number of hydrogen-bond acceptors (Lipinski definition) is 4. The smallest absolute Gasteiger partial charge is 0.329 e. The maximum absolute atomic E-state index is 11.0. The molecule has 0 aromatic heterocycles. The Bertz CT molecular complexity index is 416. The summed E-state index contributed by atoms with van der Waals surface area (Å²) in [6.07, 6.45) is 0. The molecule has 0 fully saturated rings. The zero-order valence-corrected chi connectivity index (χ0v) is 7.91. The molecule has 0 radical (unpaired) electrons. The van der Waals surface area contributed by atoms with Gasteiger partial charge in [0, 0.05) is 5.56 Å². The number of nitro groups is 1. The number of hydrogen-bond donors (Lipinski definition) is 1. The zero-order chi connectivity index (χ0) is 10.9. The zero-order valence-electron chi connectivity index (χ0n) is 7.15. The summed E-state index contributed by atoms with van der Waals surface area (Å²) >= 11 is 5.58. The first kappa shape index (κ1) is 10.5. The average Bonchev–Trinajstić information content (AvgIpc) is 2.02. The van der Waals surface area contributed by atoms with Crippen LogP contribution in [0.1, 0.15) is 17.3 Å². The molecular formula is C8H6ClNO4. The lowest BCUT2D eigenvalue weighted by atomic mass is 10.1. The van der Waals surface area contributed by atoms with E-state index in [0.29, 0.717) is 0 Å². The summed E-state index contributed by atoms with van der Waals surface area (Å²) in [6.45, 7) is 1.24. The quantitative estimate of drug-likeness (QED) is 0.466. The van der Waals surface area contributed by atoms with Crippen molar-refractivity contribution >= 4 is 23.1 Å². The van der Waals surface area contributed by atoms with E-state index in [4.69, 9.17) is 16.7 Å². The Kier molecular flexibility index (Phi) is 2.71. The van der Waals surface area contributed by atoms with Crippen molar-refractivity contribution in [3.05, 3.63) is 32.8 Å². The summed E-state index contributed by atoms with van der Waals surface area (Å²) < 4.78 is 0. The Morgan fingerprint density at radius 3 is 2.57 bits per heavy atom. The molecule has 1 rings (SSSR count). The number of carbonyl (C=O) groups excluding carboxylic acids is 1. The van der Waals surface area contributed by atoms with Gasteiger partial charge in [0.2, 0.25) is 0 Å². The van der Waals surface area contributed by atoms with Crippen LogP contribution in [0.2, 0.25) is 5.02 Å². The largest absolute Gasteiger partial charge is 0.502 e. The number of rotatable bonds is 2. The molecule has 0 saturated carbocycles. The van der Waals surface area contributed by atoms with Crippen LogP contribution in [0.3, 0.4) is 0 Å². The van der Waals surface area contributed by atoms with Crippen molar-refractivity contribution in [2.45, 2.75) is 6.92 Å². The van der Waals surface area contributed by atoms with Crippen molar-refractivity contribution < 1.29 is 14.8 Å². The van der Waals surface area contributed by atoms with Crippen LogP contribution in [-0.2, 0) is 0 Å². The second-order valence-corrected chi connectivity index (χ2v) is 2.99. The van der Waals surface area contributed by atoms with Crippen LogP contribution < -0.4 is 0 Å². The van der Waals surface area contributed by atoms with Gasteiger partial charge >= 0.3 is 5.69 Å². The Balaban J connectivity index is 3.49. The molecule has 0 aliphatic rings. The van der Waals surface area contributed by atoms with Gasteiger partial charge in [-0.2, -0.15) is 0 Å². The highest BCUT2D eigenvalue weighted by molar-refractivity contribution is 6.36. The topological polar surface area (TPSA) is 80.4 Å². The van der Waals surface area contributed by atoms with Crippen LogP contribution in [-0.4, -0.2) is 15.8 Å². The number of Topliss-reactive ketones (excluding diaryl/α,β-unsaturated/α-hetero) is 1. The molecule has 0 aliphatic heterocycles. The van der Waals surface area contributed by atoms with E-state index in [-0.39, 0.29) is 10.6 Å². The normalized spacial score (nSPS) is 9.86. The van der Waals surface area contributed by atoms with Gasteiger partial charge in [-0.05, 0) is 19.1 Å². The minimum atomic E-state index is -0.829. The summed E-state index contributed by atoms with van der Waals surface area (Å²) in [5.74, 6) is -0.942. The fourth-order valence-electron chi connectivity index (χ4n) is 1.000. The first-order valence-corrected chi connectivity index (χ1v) is 3.99. The number of carbonyl (C=O) groups is 1. The lowest BCUT2D eigenvalue weighted by molar-refractivity contribution is -0.385. The number of nitrogens with zero attached hydrogens (tertiary/aromatic N) is 1. The minimum Gasteiger partial charge on any atom is -0.502 e. The van der Waals surface area contributed by atoms with Crippen LogP contribution in [0.5, 0.6) is 5.75 Å². The summed E-state index contributed by atoms with van der Waals surface area (Å²) in [7, 11) is 0. The Labute approximate surface area is 84.1 Å². The molecule has 0 spiro atoms. The Hall–Kier alpha value is -1.62. The van der Waals surface area contributed by atoms with Gasteiger partial charge in [-0.15, -0.1) is 0 Å². The van der Waals surface area contributed by atoms with Crippen LogP contribution in [0, 0.1) is 10.1 Å². The van der Waals surface area contributed by atoms with E-state index in [1.54, 1.807) is 0 Å². The van der Waals surface area contributed by atoms with Crippen LogP contribution >= 0.6 is 11.6 Å². The van der Waals surface area contributed by atoms with Gasteiger partial charge < -0.3 is 5.11 Å². The number of ketones is 1. The molecule has 0 bridgehead atoms. The molecule has 1 aromatic carbocycles. The van der Waals surface area contributed by atoms with E-state index in [0.717, 1.165) is 6.07 Å². The van der Waals surface area contributed by atoms with Crippen molar-refractivity contribution in [3.63, 3.8) is 0 Å². The third-order valence-corrected chi connectivity index (χ3v) is 2.04. The van der Waals surface area contributed by atoms with E-state index >= 15 is 0 Å². The predicted molar refractivity (Wildman–Crippen MR) is 49.8 cm³/mol. The molecule has 74 valence electrons. The van der Waals surface area contributed by atoms with Gasteiger partial charge in [0.15, 0.2) is 11.5 Å². The van der Waals surface area contributed by atoms with Gasteiger partial charge in [-0.25, -0.2) is 0 Å². The fourth-order valence-corrected chi connectivity index (χ4v) is 1.36. The van der Waals surface area contributed by atoms with E-state index in [9.17, 15) is 14.9 Å². The second kappa shape index (κ2) is 3.63. The molecule has 0 heterocycles. The van der Waals surface area contributed by atoms with Gasteiger partial charge in [-0.1, -0.05) is 11.6 Å². The third kappa shape index (κ3) is 1.67. The predicted octanol–water partition coefficient (Wildman–Crippen LogP) is 2.16. The third-order valence-electron chi connectivity index (χ3n) is 1.66. The van der Waals surface area contributed by atoms with E-state index < -0.39 is 22.1 Å². The van der Waals surface area contributed by atoms with Crippen molar-refractivity contribution in [2.75, 3.05) is 0 Å². The Morgan fingerprint density at radius 1 is 1.57 bits per heavy atom. The number of phenols is 1. The minimum absolute atomic E-state index is 0.0242. The molecule has 6 heteroatoms. The number of halogens is 1. The van der Waals surface area contributed by atoms with Crippen molar-refractivity contribution in [1.29, 1.82) is 0 Å². The molecule has 0 aliphatic carbocycles. The Morgan fingerprint density at radius 2 is 2.14 bits per heavy atom. The molecule has 14 heavy (non-hydrogen) atoms. The van der Waals surface area contributed by atoms with Crippen LogP contribution in [0.25, 0.3) is 0 Å². The highest BCUT2D eigenvalue weighted by Gasteiger charge is 2.23. The fraction of sp³-hybridized carbons (Fsp3) is 0.125. The standard InChI is InChI=1S/C8H6ClNO4/c1-4(11)5-2-3-6(12)8(7(5)9)10(13)14/h2-3,12H,1H3. The summed E-state index contributed by atoms with van der Waals surface area (Å²) in [6, 6.07) is 2.31. The first-order chi connectivity index (χ1) is 6.45. The number of benzene rings is 1. The molecule has 0 saturated heterocycles. The number of nitro benzene ring substituents is 1. The average molecular weight is 216 g/mol. The van der Waals surface area contributed by atoms with E-state index in [2.05, 4.69) is 0 Å². The SMILES string of the molecule is CC(=O)c1ccc(O)c([N+](=O)[O-])c1Cl. The summed E-state index contributed by atoms with van der Waals surface area (Å²) in [5, 5.41) is 19.3. The highest BCUT2D eigenvalue weighted by atomic mass is 35.5. The molecular weight excluding hydrogens is 210 g/mol. The molecule has 1 N–H and O–H groups in total. The number of phenolic OH excluding ortho intramolecular Hbond substituents is 1. The lowest BCUT2D eigenvalue weighted by Gasteiger charge is -2.02. The van der Waals surface area contributed by atoms with Gasteiger partial charge in [0.1, 0.15) is 5.02 Å². The summed E-state index contributed by atoms with van der Waals surface area (Å²) in [4.78, 5) is 20.6. The molecule has 0 amide bonds. The first-order valence-electron chi connectivity index (χ1n) is 3.62. The maximum Gasteiger partial charge on any atom is 0.329 e. The van der Waals surface area contributed by atoms with Gasteiger partial charge in [0.25, 0.3) is 0 Å². The second-order valence-electron chi connectivity index (χ2n) is 2.61.